The molecule has 0 aliphatic heterocycles. The lowest BCUT2D eigenvalue weighted by Crippen LogP contribution is -2.43. The van der Waals surface area contributed by atoms with E-state index in [9.17, 15) is 4.79 Å². The third kappa shape index (κ3) is 4.87. The number of hydrogen-bond donors (Lipinski definition) is 3. The number of carbonyl (C=O) groups excluding carboxylic acids is 1. The summed E-state index contributed by atoms with van der Waals surface area (Å²) in [6.07, 6.45) is 0. The van der Waals surface area contributed by atoms with Crippen LogP contribution in [0, 0.1) is 0 Å². The number of nitrogens with two attached hydrogens (primary N) is 1. The van der Waals surface area contributed by atoms with Crippen LogP contribution >= 0.6 is 0 Å². The summed E-state index contributed by atoms with van der Waals surface area (Å²) in [4.78, 5) is 11.0. The predicted octanol–water partition coefficient (Wildman–Crippen LogP) is 1.20. The van der Waals surface area contributed by atoms with Crippen molar-refractivity contribution in [2.24, 2.45) is 5.73 Å². The molecule has 2 aromatic carbocycles. The van der Waals surface area contributed by atoms with Gasteiger partial charge in [-0.15, -0.1) is 0 Å². The molecule has 0 radical (unpaired) electrons. The van der Waals surface area contributed by atoms with E-state index in [1.165, 1.54) is 0 Å². The van der Waals surface area contributed by atoms with Gasteiger partial charge in [0, 0.05) is 6.54 Å². The van der Waals surface area contributed by atoms with E-state index in [1.807, 2.05) is 54.6 Å². The highest BCUT2D eigenvalue weighted by Gasteiger charge is 2.12. The first-order chi connectivity index (χ1) is 10.7. The number of aliphatic hydroxyl groups is 1. The van der Waals surface area contributed by atoms with E-state index in [0.717, 1.165) is 16.9 Å². The van der Waals surface area contributed by atoms with Gasteiger partial charge in [-0.1, -0.05) is 42.5 Å². The molecule has 2 rings (SSSR count). The monoisotopic (exact) mass is 300 g/mol. The Labute approximate surface area is 129 Å². The molecule has 0 saturated heterocycles. The van der Waals surface area contributed by atoms with Gasteiger partial charge in [0.2, 0.25) is 5.91 Å². The highest BCUT2D eigenvalue weighted by molar-refractivity contribution is 5.79. The van der Waals surface area contributed by atoms with Crippen LogP contribution in [-0.2, 0) is 17.9 Å². The molecule has 0 unspecified atom stereocenters. The standard InChI is InChI=1S/C17H20N2O3/c18-17(21)16(11-20)19-10-13-6-8-15(9-7-13)22-12-14-4-2-1-3-5-14/h1-9,16,19-20H,10-12H2,(H2,18,21)/t16-/m1/s1. The minimum atomic E-state index is -0.728. The van der Waals surface area contributed by atoms with Crippen LogP contribution in [0.5, 0.6) is 5.75 Å². The summed E-state index contributed by atoms with van der Waals surface area (Å²) in [5, 5.41) is 11.9. The molecule has 0 fully saturated rings. The van der Waals surface area contributed by atoms with Gasteiger partial charge in [-0.3, -0.25) is 10.1 Å². The third-order valence-corrected chi connectivity index (χ3v) is 3.25. The molecule has 0 aromatic heterocycles. The molecule has 5 nitrogen and oxygen atoms in total. The van der Waals surface area contributed by atoms with Crippen molar-refractivity contribution in [1.82, 2.24) is 5.32 Å². The van der Waals surface area contributed by atoms with Crippen LogP contribution in [0.3, 0.4) is 0 Å². The van der Waals surface area contributed by atoms with E-state index in [-0.39, 0.29) is 6.61 Å². The zero-order valence-corrected chi connectivity index (χ0v) is 12.2. The summed E-state index contributed by atoms with van der Waals surface area (Å²) in [6, 6.07) is 16.8. The number of ether oxygens (including phenoxy) is 1. The zero-order valence-electron chi connectivity index (χ0n) is 12.2. The topological polar surface area (TPSA) is 84.6 Å². The summed E-state index contributed by atoms with van der Waals surface area (Å²) in [5.41, 5.74) is 7.24. The van der Waals surface area contributed by atoms with Gasteiger partial charge in [0.1, 0.15) is 18.4 Å². The Morgan fingerprint density at radius 2 is 1.77 bits per heavy atom. The highest BCUT2D eigenvalue weighted by atomic mass is 16.5. The van der Waals surface area contributed by atoms with Crippen LogP contribution < -0.4 is 15.8 Å². The number of rotatable bonds is 8. The number of hydrogen-bond acceptors (Lipinski definition) is 4. The second-order valence-corrected chi connectivity index (χ2v) is 4.94. The minimum absolute atomic E-state index is 0.312. The van der Waals surface area contributed by atoms with Crippen LogP contribution in [0.15, 0.2) is 54.6 Å². The summed E-state index contributed by atoms with van der Waals surface area (Å²) in [6.45, 7) is 0.660. The average molecular weight is 300 g/mol. The van der Waals surface area contributed by atoms with E-state index >= 15 is 0 Å². The number of primary amides is 1. The van der Waals surface area contributed by atoms with Gasteiger partial charge in [-0.05, 0) is 23.3 Å². The molecule has 5 heteroatoms. The number of aliphatic hydroxyl groups excluding tert-OH is 1. The van der Waals surface area contributed by atoms with E-state index in [2.05, 4.69) is 5.32 Å². The van der Waals surface area contributed by atoms with Crippen LogP contribution in [0.1, 0.15) is 11.1 Å². The van der Waals surface area contributed by atoms with Crippen LogP contribution in [0.25, 0.3) is 0 Å². The fourth-order valence-corrected chi connectivity index (χ4v) is 1.94. The Morgan fingerprint density at radius 3 is 2.36 bits per heavy atom. The Kier molecular flexibility index (Phi) is 5.94. The molecule has 0 heterocycles. The molecule has 116 valence electrons. The lowest BCUT2D eigenvalue weighted by Gasteiger charge is -2.13. The normalized spacial score (nSPS) is 11.9. The van der Waals surface area contributed by atoms with Gasteiger partial charge in [-0.2, -0.15) is 0 Å². The van der Waals surface area contributed by atoms with Gasteiger partial charge < -0.3 is 15.6 Å². The predicted molar refractivity (Wildman–Crippen MR) is 84.1 cm³/mol. The molecule has 1 amide bonds. The van der Waals surface area contributed by atoms with Crippen molar-refractivity contribution in [1.29, 1.82) is 0 Å². The van der Waals surface area contributed by atoms with E-state index in [1.54, 1.807) is 0 Å². The summed E-state index contributed by atoms with van der Waals surface area (Å²) in [5.74, 6) is 0.214. The average Bonchev–Trinajstić information content (AvgIpc) is 2.55. The quantitative estimate of drug-likeness (QED) is 0.684. The van der Waals surface area contributed by atoms with Crippen molar-refractivity contribution in [2.75, 3.05) is 6.61 Å². The van der Waals surface area contributed by atoms with E-state index < -0.39 is 11.9 Å². The Balaban J connectivity index is 1.83. The number of carbonyl (C=O) groups is 1. The van der Waals surface area contributed by atoms with Crippen molar-refractivity contribution >= 4 is 5.91 Å². The van der Waals surface area contributed by atoms with Crippen LogP contribution in [0.4, 0.5) is 0 Å². The third-order valence-electron chi connectivity index (χ3n) is 3.25. The van der Waals surface area contributed by atoms with Gasteiger partial charge in [0.25, 0.3) is 0 Å². The van der Waals surface area contributed by atoms with Gasteiger partial charge in [0.05, 0.1) is 6.61 Å². The Morgan fingerprint density at radius 1 is 1.09 bits per heavy atom. The van der Waals surface area contributed by atoms with Crippen molar-refractivity contribution in [3.8, 4) is 5.75 Å². The molecule has 0 aliphatic rings. The van der Waals surface area contributed by atoms with Crippen LogP contribution in [-0.4, -0.2) is 23.7 Å². The number of benzene rings is 2. The molecule has 1 atom stereocenters. The fourth-order valence-electron chi connectivity index (χ4n) is 1.94. The molecule has 0 saturated carbocycles. The van der Waals surface area contributed by atoms with E-state index in [0.29, 0.717) is 13.2 Å². The number of nitrogens with one attached hydrogen (secondary N) is 1. The lowest BCUT2D eigenvalue weighted by molar-refractivity contribution is -0.120. The fraction of sp³-hybridized carbons (Fsp3) is 0.235. The molecule has 4 N–H and O–H groups in total. The first-order valence-corrected chi connectivity index (χ1v) is 7.08. The molecular formula is C17H20N2O3. The zero-order chi connectivity index (χ0) is 15.8. The Hall–Kier alpha value is -2.37. The van der Waals surface area contributed by atoms with Crippen LogP contribution in [0.2, 0.25) is 0 Å². The highest BCUT2D eigenvalue weighted by Crippen LogP contribution is 2.14. The minimum Gasteiger partial charge on any atom is -0.489 e. The lowest BCUT2D eigenvalue weighted by atomic mass is 10.2. The molecule has 2 aromatic rings. The smallest absolute Gasteiger partial charge is 0.236 e. The Bertz CT molecular complexity index is 585. The van der Waals surface area contributed by atoms with Crippen molar-refractivity contribution in [3.63, 3.8) is 0 Å². The van der Waals surface area contributed by atoms with Crippen molar-refractivity contribution < 1.29 is 14.6 Å². The van der Waals surface area contributed by atoms with E-state index in [4.69, 9.17) is 15.6 Å². The maximum Gasteiger partial charge on any atom is 0.236 e. The van der Waals surface area contributed by atoms with Gasteiger partial charge in [0.15, 0.2) is 0 Å². The summed E-state index contributed by atoms with van der Waals surface area (Å²) >= 11 is 0. The van der Waals surface area contributed by atoms with Crippen molar-refractivity contribution in [3.05, 3.63) is 65.7 Å². The molecule has 0 spiro atoms. The maximum absolute atomic E-state index is 11.0. The number of amides is 1. The second-order valence-electron chi connectivity index (χ2n) is 4.94. The molecule has 22 heavy (non-hydrogen) atoms. The first kappa shape index (κ1) is 16.0. The maximum atomic E-state index is 11.0. The molecule has 0 aliphatic carbocycles. The van der Waals surface area contributed by atoms with Gasteiger partial charge >= 0.3 is 0 Å². The summed E-state index contributed by atoms with van der Waals surface area (Å²) < 4.78 is 5.70. The second kappa shape index (κ2) is 8.17. The SMILES string of the molecule is NC(=O)[C@@H](CO)NCc1ccc(OCc2ccccc2)cc1. The molecular weight excluding hydrogens is 280 g/mol. The first-order valence-electron chi connectivity index (χ1n) is 7.08. The van der Waals surface area contributed by atoms with Crippen molar-refractivity contribution in [2.45, 2.75) is 19.2 Å². The molecule has 0 bridgehead atoms. The van der Waals surface area contributed by atoms with Gasteiger partial charge in [-0.25, -0.2) is 0 Å². The largest absolute Gasteiger partial charge is 0.489 e. The summed E-state index contributed by atoms with van der Waals surface area (Å²) in [7, 11) is 0.